The first-order valence-electron chi connectivity index (χ1n) is 11.0. The Labute approximate surface area is 178 Å². The first kappa shape index (κ1) is 22.6. The zero-order valence-corrected chi connectivity index (χ0v) is 18.3. The smallest absolute Gasteiger partial charge is 0.307 e. The number of aromatic nitrogens is 2. The summed E-state index contributed by atoms with van der Waals surface area (Å²) in [5.41, 5.74) is 0.0721. The molecule has 1 fully saturated rings. The summed E-state index contributed by atoms with van der Waals surface area (Å²) in [7, 11) is 0. The van der Waals surface area contributed by atoms with Gasteiger partial charge in [-0.15, -0.1) is 0 Å². The van der Waals surface area contributed by atoms with Gasteiger partial charge in [-0.05, 0) is 33.1 Å². The van der Waals surface area contributed by atoms with Crippen LogP contribution in [0.5, 0.6) is 0 Å². The lowest BCUT2D eigenvalue weighted by atomic mass is 9.84. The van der Waals surface area contributed by atoms with Gasteiger partial charge in [0.25, 0.3) is 0 Å². The maximum absolute atomic E-state index is 12.5. The molecule has 1 aliphatic carbocycles. The molecular formula is C22H34N4O4. The first-order valence-corrected chi connectivity index (χ1v) is 11.0. The molecule has 1 aromatic heterocycles. The van der Waals surface area contributed by atoms with Crippen molar-refractivity contribution in [1.29, 1.82) is 0 Å². The summed E-state index contributed by atoms with van der Waals surface area (Å²) in [6, 6.07) is 0. The molecule has 8 heteroatoms. The fourth-order valence-corrected chi connectivity index (χ4v) is 4.19. The number of carbonyl (C=O) groups excluding carboxylic acids is 1. The number of rotatable bonds is 8. The zero-order chi connectivity index (χ0) is 21.6. The average Bonchev–Trinajstić information content (AvgIpc) is 3.09. The normalized spacial score (nSPS) is 21.7. The third-order valence-corrected chi connectivity index (χ3v) is 5.60. The van der Waals surface area contributed by atoms with Gasteiger partial charge in [-0.25, -0.2) is 15.0 Å². The molecule has 0 spiro atoms. The molecule has 2 heterocycles. The topological polar surface area (TPSA) is 97.1 Å². The molecule has 30 heavy (non-hydrogen) atoms. The molecule has 0 aromatic carbocycles. The van der Waals surface area contributed by atoms with Crippen LogP contribution in [0.1, 0.15) is 90.3 Å². The van der Waals surface area contributed by atoms with E-state index in [-0.39, 0.29) is 18.3 Å². The van der Waals surface area contributed by atoms with Gasteiger partial charge in [-0.1, -0.05) is 44.9 Å². The molecule has 1 aromatic rings. The number of ether oxygens (including phenoxy) is 1. The molecule has 0 bridgehead atoms. The maximum Gasteiger partial charge on any atom is 0.307 e. The molecule has 2 aliphatic rings. The lowest BCUT2D eigenvalue weighted by Crippen LogP contribution is -2.28. The van der Waals surface area contributed by atoms with E-state index in [1.165, 1.54) is 38.4 Å². The SMILES string of the molecule is CC(C)(C)OC(=O)C[C@@H](CCCC1CCCCC1)C1=NC(c2cncnc2)N(O)O1. The van der Waals surface area contributed by atoms with E-state index in [0.717, 1.165) is 25.2 Å². The van der Waals surface area contributed by atoms with Crippen LogP contribution in [0.3, 0.4) is 0 Å². The van der Waals surface area contributed by atoms with Gasteiger partial charge in [0.2, 0.25) is 5.90 Å². The van der Waals surface area contributed by atoms with Crippen molar-refractivity contribution in [3.63, 3.8) is 0 Å². The fourth-order valence-electron chi connectivity index (χ4n) is 4.19. The van der Waals surface area contributed by atoms with Crippen LogP contribution < -0.4 is 0 Å². The molecule has 1 N–H and O–H groups in total. The van der Waals surface area contributed by atoms with Crippen LogP contribution in [0.25, 0.3) is 0 Å². The van der Waals surface area contributed by atoms with Crippen molar-refractivity contribution in [2.75, 3.05) is 0 Å². The number of carbonyl (C=O) groups is 1. The lowest BCUT2D eigenvalue weighted by Gasteiger charge is -2.24. The van der Waals surface area contributed by atoms with Gasteiger partial charge in [-0.2, -0.15) is 0 Å². The van der Waals surface area contributed by atoms with E-state index < -0.39 is 11.8 Å². The molecule has 0 amide bonds. The van der Waals surface area contributed by atoms with E-state index in [2.05, 4.69) is 15.0 Å². The number of aliphatic imine (C=N–C) groups is 1. The largest absolute Gasteiger partial charge is 0.460 e. The molecule has 0 radical (unpaired) electrons. The van der Waals surface area contributed by atoms with Crippen molar-refractivity contribution in [3.8, 4) is 0 Å². The molecular weight excluding hydrogens is 384 g/mol. The molecule has 8 nitrogen and oxygen atoms in total. The minimum Gasteiger partial charge on any atom is -0.460 e. The van der Waals surface area contributed by atoms with Crippen LogP contribution in [0.4, 0.5) is 0 Å². The van der Waals surface area contributed by atoms with Crippen LogP contribution in [0, 0.1) is 11.8 Å². The first-order chi connectivity index (χ1) is 14.3. The quantitative estimate of drug-likeness (QED) is 0.616. The molecule has 1 saturated carbocycles. The third kappa shape index (κ3) is 6.74. The summed E-state index contributed by atoms with van der Waals surface area (Å²) >= 11 is 0. The number of esters is 1. The molecule has 1 unspecified atom stereocenters. The lowest BCUT2D eigenvalue weighted by molar-refractivity contribution is -0.306. The van der Waals surface area contributed by atoms with Crippen LogP contribution in [0.15, 0.2) is 23.7 Å². The number of hydrogen-bond acceptors (Lipinski definition) is 8. The second kappa shape index (κ2) is 10.3. The summed E-state index contributed by atoms with van der Waals surface area (Å²) < 4.78 is 5.52. The third-order valence-electron chi connectivity index (χ3n) is 5.60. The number of hydrogen-bond donors (Lipinski definition) is 1. The van der Waals surface area contributed by atoms with Gasteiger partial charge >= 0.3 is 5.97 Å². The molecule has 3 rings (SSSR count). The van der Waals surface area contributed by atoms with Gasteiger partial charge in [0.1, 0.15) is 11.9 Å². The number of hydroxylamine groups is 2. The van der Waals surface area contributed by atoms with Gasteiger partial charge < -0.3 is 9.57 Å². The summed E-state index contributed by atoms with van der Waals surface area (Å²) in [5, 5.41) is 10.9. The van der Waals surface area contributed by atoms with E-state index in [0.29, 0.717) is 16.7 Å². The van der Waals surface area contributed by atoms with E-state index in [9.17, 15) is 10.0 Å². The highest BCUT2D eigenvalue weighted by Gasteiger charge is 2.35. The Balaban J connectivity index is 1.67. The second-order valence-electron chi connectivity index (χ2n) is 9.33. The van der Waals surface area contributed by atoms with Gasteiger partial charge in [-0.3, -0.25) is 10.0 Å². The van der Waals surface area contributed by atoms with Crippen molar-refractivity contribution in [3.05, 3.63) is 24.3 Å². The van der Waals surface area contributed by atoms with Crippen molar-refractivity contribution >= 4 is 11.9 Å². The van der Waals surface area contributed by atoms with Crippen LogP contribution >= 0.6 is 0 Å². The van der Waals surface area contributed by atoms with Crippen LogP contribution in [0.2, 0.25) is 0 Å². The minimum atomic E-state index is -0.735. The highest BCUT2D eigenvalue weighted by molar-refractivity contribution is 5.84. The molecule has 166 valence electrons. The molecule has 1 aliphatic heterocycles. The van der Waals surface area contributed by atoms with Gasteiger partial charge in [0.15, 0.2) is 6.17 Å². The Morgan fingerprint density at radius 1 is 1.27 bits per heavy atom. The summed E-state index contributed by atoms with van der Waals surface area (Å²) in [6.07, 6.45) is 13.5. The summed E-state index contributed by atoms with van der Waals surface area (Å²) in [6.45, 7) is 5.56. The Morgan fingerprint density at radius 3 is 2.63 bits per heavy atom. The number of nitrogens with zero attached hydrogens (tertiary/aromatic N) is 4. The summed E-state index contributed by atoms with van der Waals surface area (Å²) in [4.78, 5) is 30.5. The predicted octanol–water partition coefficient (Wildman–Crippen LogP) is 4.61. The predicted molar refractivity (Wildman–Crippen MR) is 111 cm³/mol. The van der Waals surface area contributed by atoms with Crippen molar-refractivity contribution in [2.24, 2.45) is 16.8 Å². The molecule has 2 atom stereocenters. The molecule has 0 saturated heterocycles. The van der Waals surface area contributed by atoms with E-state index in [1.54, 1.807) is 12.4 Å². The Kier molecular flexibility index (Phi) is 7.77. The highest BCUT2D eigenvalue weighted by Crippen LogP contribution is 2.32. The van der Waals surface area contributed by atoms with Gasteiger partial charge in [0.05, 0.1) is 6.42 Å². The monoisotopic (exact) mass is 418 g/mol. The minimum absolute atomic E-state index is 0.173. The highest BCUT2D eigenvalue weighted by atomic mass is 16.9. The second-order valence-corrected chi connectivity index (χ2v) is 9.33. The summed E-state index contributed by atoms with van der Waals surface area (Å²) in [5.74, 6) is 0.608. The van der Waals surface area contributed by atoms with Crippen molar-refractivity contribution < 1.29 is 19.6 Å². The van der Waals surface area contributed by atoms with Crippen molar-refractivity contribution in [2.45, 2.75) is 90.3 Å². The van der Waals surface area contributed by atoms with E-state index in [4.69, 9.17) is 9.57 Å². The van der Waals surface area contributed by atoms with Crippen LogP contribution in [-0.2, 0) is 14.4 Å². The standard InChI is InChI=1S/C22H34N4O4/c1-22(2,3)29-19(27)12-17(11-7-10-16-8-5-4-6-9-16)21-25-20(26(28)30-21)18-13-23-15-24-14-18/h13-17,20,28H,4-12H2,1-3H3/t17-,20?/m1/s1. The van der Waals surface area contributed by atoms with E-state index in [1.807, 2.05) is 20.8 Å². The van der Waals surface area contributed by atoms with Gasteiger partial charge in [0, 0.05) is 29.1 Å². The Morgan fingerprint density at radius 2 is 1.97 bits per heavy atom. The Bertz CT molecular complexity index is 714. The fraction of sp³-hybridized carbons (Fsp3) is 0.727. The van der Waals surface area contributed by atoms with E-state index >= 15 is 0 Å². The zero-order valence-electron chi connectivity index (χ0n) is 18.3. The average molecular weight is 419 g/mol. The van der Waals surface area contributed by atoms with Crippen LogP contribution in [-0.4, -0.2) is 37.9 Å². The Hall–Kier alpha value is -2.06. The maximum atomic E-state index is 12.5. The van der Waals surface area contributed by atoms with Crippen molar-refractivity contribution in [1.82, 2.24) is 15.2 Å².